The zero-order valence-electron chi connectivity index (χ0n) is 13.1. The van der Waals surface area contributed by atoms with E-state index < -0.39 is 0 Å². The molecule has 2 aromatic rings. The van der Waals surface area contributed by atoms with Gasteiger partial charge in [-0.05, 0) is 36.0 Å². The van der Waals surface area contributed by atoms with Crippen molar-refractivity contribution in [2.24, 2.45) is 0 Å². The molecule has 0 unspecified atom stereocenters. The molecule has 1 saturated heterocycles. The fourth-order valence-electron chi connectivity index (χ4n) is 4.12. The maximum Gasteiger partial charge on any atom is 0.0461 e. The lowest BCUT2D eigenvalue weighted by atomic mass is 9.76. The third kappa shape index (κ3) is 2.57. The molecule has 2 aliphatic heterocycles. The van der Waals surface area contributed by atoms with Gasteiger partial charge in [0.1, 0.15) is 0 Å². The molecule has 1 N–H and O–H groups in total. The normalized spacial score (nSPS) is 20.7. The molecule has 2 aliphatic rings. The number of fused-ring (bicyclic) bond motifs is 2. The Kier molecular flexibility index (Phi) is 3.73. The van der Waals surface area contributed by atoms with E-state index in [0.29, 0.717) is 0 Å². The van der Waals surface area contributed by atoms with Crippen molar-refractivity contribution in [3.8, 4) is 0 Å². The second-order valence-corrected chi connectivity index (χ2v) is 6.68. The Bertz CT molecular complexity index is 627. The molecule has 114 valence electrons. The molecule has 1 spiro atoms. The number of hydrogen-bond donors (Lipinski definition) is 1. The van der Waals surface area contributed by atoms with Crippen LogP contribution in [0.2, 0.25) is 0 Å². The lowest BCUT2D eigenvalue weighted by Gasteiger charge is -2.46. The number of likely N-dealkylation sites (tertiary alicyclic amines) is 1. The summed E-state index contributed by atoms with van der Waals surface area (Å²) in [5.41, 5.74) is 4.76. The smallest absolute Gasteiger partial charge is 0.0461 e. The Morgan fingerprint density at radius 1 is 0.909 bits per heavy atom. The molecule has 0 aliphatic carbocycles. The number of nitrogens with zero attached hydrogens (tertiary/aromatic N) is 1. The topological polar surface area (TPSA) is 15.3 Å². The molecule has 0 radical (unpaired) electrons. The highest BCUT2D eigenvalue weighted by atomic mass is 15.2. The fraction of sp³-hybridized carbons (Fsp3) is 0.400. The van der Waals surface area contributed by atoms with Crippen LogP contribution in [0.1, 0.15) is 29.5 Å². The van der Waals surface area contributed by atoms with Crippen LogP contribution in [0, 0.1) is 0 Å². The van der Waals surface area contributed by atoms with Crippen molar-refractivity contribution in [2.75, 3.05) is 19.6 Å². The van der Waals surface area contributed by atoms with Crippen molar-refractivity contribution in [3.63, 3.8) is 0 Å². The van der Waals surface area contributed by atoms with Gasteiger partial charge in [-0.1, -0.05) is 54.6 Å². The maximum absolute atomic E-state index is 3.85. The lowest BCUT2D eigenvalue weighted by molar-refractivity contribution is 0.123. The molecule has 0 amide bonds. The van der Waals surface area contributed by atoms with Crippen LogP contribution in [-0.4, -0.2) is 24.5 Å². The van der Waals surface area contributed by atoms with Gasteiger partial charge in [0.05, 0.1) is 0 Å². The van der Waals surface area contributed by atoms with Crippen LogP contribution in [0.15, 0.2) is 54.6 Å². The first-order valence-electron chi connectivity index (χ1n) is 8.45. The number of hydrogen-bond acceptors (Lipinski definition) is 2. The largest absolute Gasteiger partial charge is 0.307 e. The molecule has 0 atom stereocenters. The fourth-order valence-corrected chi connectivity index (χ4v) is 4.12. The third-order valence-corrected chi connectivity index (χ3v) is 5.35. The molecule has 0 aromatic heterocycles. The first kappa shape index (κ1) is 14.0. The van der Waals surface area contributed by atoms with E-state index in [1.54, 1.807) is 11.1 Å². The molecule has 22 heavy (non-hydrogen) atoms. The van der Waals surface area contributed by atoms with Gasteiger partial charge >= 0.3 is 0 Å². The Balaban J connectivity index is 1.48. The molecule has 2 heteroatoms. The van der Waals surface area contributed by atoms with E-state index in [-0.39, 0.29) is 5.54 Å². The molecule has 2 nitrogen and oxygen atoms in total. The van der Waals surface area contributed by atoms with Crippen LogP contribution in [0.5, 0.6) is 0 Å². The van der Waals surface area contributed by atoms with E-state index in [4.69, 9.17) is 0 Å². The highest BCUT2D eigenvalue weighted by molar-refractivity contribution is 5.37. The van der Waals surface area contributed by atoms with Crippen molar-refractivity contribution < 1.29 is 0 Å². The summed E-state index contributed by atoms with van der Waals surface area (Å²) in [6.07, 6.45) is 3.61. The number of benzene rings is 2. The van der Waals surface area contributed by atoms with Crippen LogP contribution < -0.4 is 5.32 Å². The van der Waals surface area contributed by atoms with Crippen molar-refractivity contribution in [1.82, 2.24) is 10.2 Å². The minimum absolute atomic E-state index is 0.224. The summed E-state index contributed by atoms with van der Waals surface area (Å²) >= 11 is 0. The van der Waals surface area contributed by atoms with Crippen LogP contribution in [0.3, 0.4) is 0 Å². The van der Waals surface area contributed by atoms with Gasteiger partial charge in [0.25, 0.3) is 0 Å². The average molecular weight is 292 g/mol. The van der Waals surface area contributed by atoms with Crippen LogP contribution in [0.25, 0.3) is 0 Å². The number of nitrogens with one attached hydrogen (secondary N) is 1. The van der Waals surface area contributed by atoms with E-state index in [1.807, 2.05) is 0 Å². The molecule has 2 aromatic carbocycles. The van der Waals surface area contributed by atoms with Gasteiger partial charge in [-0.15, -0.1) is 0 Å². The summed E-state index contributed by atoms with van der Waals surface area (Å²) in [4.78, 5) is 2.60. The van der Waals surface area contributed by atoms with Crippen LogP contribution >= 0.6 is 0 Å². The van der Waals surface area contributed by atoms with Gasteiger partial charge in [0, 0.05) is 31.7 Å². The zero-order valence-corrected chi connectivity index (χ0v) is 13.1. The van der Waals surface area contributed by atoms with Gasteiger partial charge in [0.15, 0.2) is 0 Å². The summed E-state index contributed by atoms with van der Waals surface area (Å²) in [5.74, 6) is 0. The van der Waals surface area contributed by atoms with Crippen LogP contribution in [0.4, 0.5) is 0 Å². The first-order valence-corrected chi connectivity index (χ1v) is 8.45. The van der Waals surface area contributed by atoms with Crippen molar-refractivity contribution in [3.05, 3.63) is 71.3 Å². The number of rotatable bonds is 2. The molecular formula is C20H24N2. The Morgan fingerprint density at radius 3 is 2.45 bits per heavy atom. The number of piperidine rings is 1. The molecule has 0 saturated carbocycles. The Morgan fingerprint density at radius 2 is 1.64 bits per heavy atom. The van der Waals surface area contributed by atoms with E-state index in [2.05, 4.69) is 64.8 Å². The van der Waals surface area contributed by atoms with Gasteiger partial charge in [-0.2, -0.15) is 0 Å². The van der Waals surface area contributed by atoms with Crippen molar-refractivity contribution in [2.45, 2.75) is 31.3 Å². The van der Waals surface area contributed by atoms with Gasteiger partial charge in [-0.25, -0.2) is 0 Å². The zero-order chi connectivity index (χ0) is 14.8. The Labute approximate surface area is 133 Å². The van der Waals surface area contributed by atoms with Gasteiger partial charge in [-0.3, -0.25) is 4.90 Å². The van der Waals surface area contributed by atoms with Gasteiger partial charge < -0.3 is 5.32 Å². The van der Waals surface area contributed by atoms with Crippen molar-refractivity contribution in [1.29, 1.82) is 0 Å². The SMILES string of the molecule is c1ccc(CN2CCC3(CC2)NCCc2ccccc23)cc1. The third-order valence-electron chi connectivity index (χ3n) is 5.35. The van der Waals surface area contributed by atoms with Crippen LogP contribution in [-0.2, 0) is 18.5 Å². The second kappa shape index (κ2) is 5.86. The van der Waals surface area contributed by atoms with Crippen molar-refractivity contribution >= 4 is 0 Å². The van der Waals surface area contributed by atoms with E-state index >= 15 is 0 Å². The molecular weight excluding hydrogens is 268 g/mol. The monoisotopic (exact) mass is 292 g/mol. The summed E-state index contributed by atoms with van der Waals surface area (Å²) in [6, 6.07) is 19.9. The maximum atomic E-state index is 3.85. The van der Waals surface area contributed by atoms with E-state index in [9.17, 15) is 0 Å². The molecule has 4 rings (SSSR count). The highest BCUT2D eigenvalue weighted by Crippen LogP contribution is 2.37. The summed E-state index contributed by atoms with van der Waals surface area (Å²) in [6.45, 7) is 4.56. The Hall–Kier alpha value is -1.64. The predicted molar refractivity (Wildman–Crippen MR) is 90.8 cm³/mol. The van der Waals surface area contributed by atoms with Gasteiger partial charge in [0.2, 0.25) is 0 Å². The summed E-state index contributed by atoms with van der Waals surface area (Å²) in [5, 5.41) is 3.85. The molecule has 2 heterocycles. The van der Waals surface area contributed by atoms with E-state index in [0.717, 1.165) is 13.1 Å². The standard InChI is InChI=1S/C20H24N2/c1-2-6-17(7-3-1)16-22-14-11-20(12-15-22)19-9-5-4-8-18(19)10-13-21-20/h1-9,21H,10-16H2. The second-order valence-electron chi connectivity index (χ2n) is 6.68. The first-order chi connectivity index (χ1) is 10.9. The summed E-state index contributed by atoms with van der Waals surface area (Å²) < 4.78 is 0. The van der Waals surface area contributed by atoms with E-state index in [1.165, 1.54) is 37.9 Å². The molecule has 1 fully saturated rings. The lowest BCUT2D eigenvalue weighted by Crippen LogP contribution is -2.53. The average Bonchev–Trinajstić information content (AvgIpc) is 2.59. The minimum Gasteiger partial charge on any atom is -0.307 e. The minimum atomic E-state index is 0.224. The summed E-state index contributed by atoms with van der Waals surface area (Å²) in [7, 11) is 0. The predicted octanol–water partition coefficient (Wildman–Crippen LogP) is 3.32. The molecule has 0 bridgehead atoms. The quantitative estimate of drug-likeness (QED) is 0.913. The highest BCUT2D eigenvalue weighted by Gasteiger charge is 2.38.